The molecule has 0 saturated carbocycles. The molecule has 13 heavy (non-hydrogen) atoms. The fourth-order valence-electron chi connectivity index (χ4n) is 1.20. The van der Waals surface area contributed by atoms with Crippen molar-refractivity contribution in [3.05, 3.63) is 48.3 Å². The topological polar surface area (TPSA) is 43.8 Å². The zero-order valence-corrected chi connectivity index (χ0v) is 7.14. The van der Waals surface area contributed by atoms with E-state index in [1.807, 2.05) is 30.5 Å². The monoisotopic (exact) mass is 172 g/mol. The van der Waals surface area contributed by atoms with Crippen molar-refractivity contribution in [2.75, 3.05) is 0 Å². The minimum atomic E-state index is 0.554. The minimum absolute atomic E-state index is 0.554. The summed E-state index contributed by atoms with van der Waals surface area (Å²) in [6.07, 6.45) is 4.60. The molecule has 0 saturated heterocycles. The van der Waals surface area contributed by atoms with E-state index in [4.69, 9.17) is 5.73 Å². The van der Waals surface area contributed by atoms with Gasteiger partial charge in [-0.3, -0.25) is 0 Å². The molecule has 0 bridgehead atoms. The largest absolute Gasteiger partial charge is 0.326 e. The lowest BCUT2D eigenvalue weighted by Crippen LogP contribution is -1.99. The highest BCUT2D eigenvalue weighted by atomic mass is 15.3. The Morgan fingerprint density at radius 3 is 3.08 bits per heavy atom. The van der Waals surface area contributed by atoms with E-state index in [9.17, 15) is 0 Å². The van der Waals surface area contributed by atoms with Gasteiger partial charge in [0.25, 0.3) is 0 Å². The Kier molecular flexibility index (Phi) is 2.10. The Bertz CT molecular complexity index is 379. The summed E-state index contributed by atoms with van der Waals surface area (Å²) < 4.78 is 1.76. The molecule has 2 aromatic rings. The third kappa shape index (κ3) is 1.60. The Morgan fingerprint density at radius 1 is 1.46 bits per heavy atom. The van der Waals surface area contributed by atoms with Crippen LogP contribution in [0.25, 0.3) is 5.69 Å². The molecule has 0 aliphatic rings. The van der Waals surface area contributed by atoms with Crippen LogP contribution in [0.2, 0.25) is 0 Å². The second-order valence-corrected chi connectivity index (χ2v) is 2.76. The van der Waals surface area contributed by atoms with Crippen molar-refractivity contribution in [1.82, 2.24) is 9.78 Å². The van der Waals surface area contributed by atoms with Gasteiger partial charge in [-0.2, -0.15) is 5.10 Å². The summed E-state index contributed by atoms with van der Waals surface area (Å²) in [4.78, 5) is 0. The van der Waals surface area contributed by atoms with Crippen LogP contribution in [0.5, 0.6) is 0 Å². The van der Waals surface area contributed by atoms with E-state index in [1.54, 1.807) is 10.7 Å². The van der Waals surface area contributed by atoms with Crippen LogP contribution < -0.4 is 5.73 Å². The first-order chi connectivity index (χ1) is 6.40. The summed E-state index contributed by atoms with van der Waals surface area (Å²) in [6.45, 7) is 0.554. The number of nitrogens with zero attached hydrogens (tertiary/aromatic N) is 2. The Labute approximate surface area is 76.8 Å². The molecule has 0 amide bonds. The highest BCUT2D eigenvalue weighted by molar-refractivity contribution is 5.34. The Hall–Kier alpha value is -1.61. The quantitative estimate of drug-likeness (QED) is 0.738. The standard InChI is InChI=1S/C10H10N3/c11-8-9-3-1-4-10(7-9)13-6-2-5-12-13/h1-4,6-7H,8,11H2. The van der Waals surface area contributed by atoms with Gasteiger partial charge in [-0.25, -0.2) is 4.68 Å². The lowest BCUT2D eigenvalue weighted by atomic mass is 10.2. The maximum absolute atomic E-state index is 5.53. The Balaban J connectivity index is 2.41. The SMILES string of the molecule is NCc1cccc(-n2cc[c]n2)c1. The van der Waals surface area contributed by atoms with Crippen molar-refractivity contribution in [3.63, 3.8) is 0 Å². The smallest absolute Gasteiger partial charge is 0.113 e. The molecule has 3 nitrogen and oxygen atoms in total. The molecule has 0 atom stereocenters. The predicted molar refractivity (Wildman–Crippen MR) is 50.3 cm³/mol. The van der Waals surface area contributed by atoms with Gasteiger partial charge in [0.1, 0.15) is 6.20 Å². The van der Waals surface area contributed by atoms with Crippen LogP contribution in [0.1, 0.15) is 5.56 Å². The van der Waals surface area contributed by atoms with E-state index >= 15 is 0 Å². The average molecular weight is 172 g/mol. The molecule has 3 heteroatoms. The summed E-state index contributed by atoms with van der Waals surface area (Å²) in [5, 5.41) is 4.01. The Morgan fingerprint density at radius 2 is 2.38 bits per heavy atom. The maximum atomic E-state index is 5.53. The molecule has 65 valence electrons. The molecule has 1 aromatic carbocycles. The molecule has 1 heterocycles. The van der Waals surface area contributed by atoms with Crippen LogP contribution in [0.3, 0.4) is 0 Å². The van der Waals surface area contributed by atoms with Crippen LogP contribution in [-0.2, 0) is 6.54 Å². The first kappa shape index (κ1) is 8.01. The predicted octanol–water partition coefficient (Wildman–Crippen LogP) is 1.13. The lowest BCUT2D eigenvalue weighted by molar-refractivity contribution is 0.873. The van der Waals surface area contributed by atoms with E-state index in [2.05, 4.69) is 11.3 Å². The van der Waals surface area contributed by atoms with Crippen LogP contribution in [0.15, 0.2) is 36.5 Å². The number of rotatable bonds is 2. The highest BCUT2D eigenvalue weighted by Crippen LogP contribution is 2.08. The maximum Gasteiger partial charge on any atom is 0.113 e. The summed E-state index contributed by atoms with van der Waals surface area (Å²) in [5.41, 5.74) is 7.66. The number of nitrogens with two attached hydrogens (primary N) is 1. The average Bonchev–Trinajstić information content (AvgIpc) is 2.71. The van der Waals surface area contributed by atoms with Crippen LogP contribution in [-0.4, -0.2) is 9.78 Å². The molecule has 0 unspecified atom stereocenters. The molecule has 2 N–H and O–H groups in total. The van der Waals surface area contributed by atoms with Crippen molar-refractivity contribution in [1.29, 1.82) is 0 Å². The molecule has 0 aliphatic heterocycles. The molecule has 0 aliphatic carbocycles. The van der Waals surface area contributed by atoms with E-state index in [0.29, 0.717) is 6.54 Å². The molecule has 1 aromatic heterocycles. The summed E-state index contributed by atoms with van der Waals surface area (Å²) in [7, 11) is 0. The molecule has 1 radical (unpaired) electrons. The number of hydrogen-bond acceptors (Lipinski definition) is 2. The number of hydrogen-bond donors (Lipinski definition) is 1. The van der Waals surface area contributed by atoms with Crippen LogP contribution in [0.4, 0.5) is 0 Å². The van der Waals surface area contributed by atoms with Gasteiger partial charge in [0, 0.05) is 12.7 Å². The summed E-state index contributed by atoms with van der Waals surface area (Å²) >= 11 is 0. The highest BCUT2D eigenvalue weighted by Gasteiger charge is 1.96. The minimum Gasteiger partial charge on any atom is -0.326 e. The first-order valence-electron chi connectivity index (χ1n) is 4.11. The van der Waals surface area contributed by atoms with Gasteiger partial charge in [-0.1, -0.05) is 12.1 Å². The van der Waals surface area contributed by atoms with Gasteiger partial charge in [0.2, 0.25) is 0 Å². The van der Waals surface area contributed by atoms with E-state index in [1.165, 1.54) is 0 Å². The molecular weight excluding hydrogens is 162 g/mol. The third-order valence-electron chi connectivity index (χ3n) is 1.87. The second kappa shape index (κ2) is 3.41. The van der Waals surface area contributed by atoms with Crippen molar-refractivity contribution < 1.29 is 0 Å². The fraction of sp³-hybridized carbons (Fsp3) is 0.100. The number of aromatic nitrogens is 2. The van der Waals surface area contributed by atoms with Crippen molar-refractivity contribution in [2.45, 2.75) is 6.54 Å². The normalized spacial score (nSPS) is 10.2. The van der Waals surface area contributed by atoms with E-state index in [0.717, 1.165) is 11.3 Å². The lowest BCUT2D eigenvalue weighted by Gasteiger charge is -2.02. The van der Waals surface area contributed by atoms with Gasteiger partial charge in [-0.15, -0.1) is 0 Å². The summed E-state index contributed by atoms with van der Waals surface area (Å²) in [5.74, 6) is 0. The first-order valence-corrected chi connectivity index (χ1v) is 4.11. The van der Waals surface area contributed by atoms with Crippen molar-refractivity contribution >= 4 is 0 Å². The van der Waals surface area contributed by atoms with E-state index < -0.39 is 0 Å². The molecular formula is C10H10N3. The third-order valence-corrected chi connectivity index (χ3v) is 1.87. The van der Waals surface area contributed by atoms with Gasteiger partial charge < -0.3 is 5.73 Å². The van der Waals surface area contributed by atoms with E-state index in [-0.39, 0.29) is 0 Å². The molecule has 0 spiro atoms. The second-order valence-electron chi connectivity index (χ2n) is 2.76. The fourth-order valence-corrected chi connectivity index (χ4v) is 1.20. The zero-order chi connectivity index (χ0) is 9.10. The molecule has 0 fully saturated rings. The van der Waals surface area contributed by atoms with Crippen molar-refractivity contribution in [3.8, 4) is 5.69 Å². The molecule has 2 rings (SSSR count). The van der Waals surface area contributed by atoms with Crippen LogP contribution in [0, 0.1) is 6.20 Å². The van der Waals surface area contributed by atoms with Crippen LogP contribution >= 0.6 is 0 Å². The number of benzene rings is 1. The van der Waals surface area contributed by atoms with Gasteiger partial charge in [0.15, 0.2) is 0 Å². The van der Waals surface area contributed by atoms with Gasteiger partial charge in [-0.05, 0) is 23.8 Å². The summed E-state index contributed by atoms with van der Waals surface area (Å²) in [6, 6.07) is 9.74. The van der Waals surface area contributed by atoms with Gasteiger partial charge in [0.05, 0.1) is 5.69 Å². The zero-order valence-electron chi connectivity index (χ0n) is 7.14. The van der Waals surface area contributed by atoms with Gasteiger partial charge >= 0.3 is 0 Å². The van der Waals surface area contributed by atoms with Crippen molar-refractivity contribution in [2.24, 2.45) is 5.73 Å².